The lowest BCUT2D eigenvalue weighted by molar-refractivity contribution is 0.0955. The summed E-state index contributed by atoms with van der Waals surface area (Å²) in [4.78, 5) is 26.5. The molecule has 2 aromatic carbocycles. The Bertz CT molecular complexity index is 752. The van der Waals surface area contributed by atoms with Gasteiger partial charge in [0.05, 0.1) is 19.9 Å². The molecule has 1 amide bonds. The van der Waals surface area contributed by atoms with Gasteiger partial charge in [0.15, 0.2) is 5.78 Å². The molecule has 2 aromatic rings. The molecule has 0 unspecified atom stereocenters. The zero-order valence-corrected chi connectivity index (χ0v) is 13.0. The van der Waals surface area contributed by atoms with Crippen molar-refractivity contribution in [1.82, 2.24) is 0 Å². The highest BCUT2D eigenvalue weighted by molar-refractivity contribution is 6.13. The van der Waals surface area contributed by atoms with Gasteiger partial charge in [0.1, 0.15) is 11.5 Å². The van der Waals surface area contributed by atoms with Crippen molar-refractivity contribution in [2.45, 2.75) is 6.42 Å². The second kappa shape index (κ2) is 6.12. The van der Waals surface area contributed by atoms with Crippen LogP contribution in [-0.4, -0.2) is 32.5 Å². The van der Waals surface area contributed by atoms with E-state index in [-0.39, 0.29) is 11.7 Å². The molecule has 3 rings (SSSR count). The van der Waals surface area contributed by atoms with E-state index in [1.807, 2.05) is 0 Å². The van der Waals surface area contributed by atoms with E-state index >= 15 is 0 Å². The quantitative estimate of drug-likeness (QED) is 0.874. The number of hydrogen-bond donors (Lipinski definition) is 0. The molecule has 0 aliphatic carbocycles. The Labute approximate surface area is 134 Å². The van der Waals surface area contributed by atoms with Gasteiger partial charge in [0.25, 0.3) is 5.91 Å². The molecule has 5 heteroatoms. The molecular formula is C18H17NO4. The summed E-state index contributed by atoms with van der Waals surface area (Å²) in [5, 5.41) is 0. The van der Waals surface area contributed by atoms with Gasteiger partial charge in [-0.25, -0.2) is 0 Å². The number of ketones is 1. The molecule has 23 heavy (non-hydrogen) atoms. The number of carbonyl (C=O) groups excluding carboxylic acids is 2. The predicted octanol–water partition coefficient (Wildman–Crippen LogP) is 2.94. The number of ether oxygens (including phenoxy) is 2. The van der Waals surface area contributed by atoms with Crippen LogP contribution in [0.15, 0.2) is 42.5 Å². The Kier molecular flexibility index (Phi) is 4.02. The molecule has 1 aliphatic heterocycles. The second-order valence-corrected chi connectivity index (χ2v) is 5.24. The molecule has 0 radical (unpaired) electrons. The van der Waals surface area contributed by atoms with Gasteiger partial charge >= 0.3 is 0 Å². The molecule has 1 aliphatic rings. The molecule has 1 heterocycles. The van der Waals surface area contributed by atoms with E-state index in [4.69, 9.17) is 9.47 Å². The molecule has 0 N–H and O–H groups in total. The van der Waals surface area contributed by atoms with E-state index in [1.165, 1.54) is 0 Å². The van der Waals surface area contributed by atoms with Crippen LogP contribution < -0.4 is 14.4 Å². The van der Waals surface area contributed by atoms with E-state index in [0.717, 1.165) is 0 Å². The number of nitrogens with zero attached hydrogens (tertiary/aromatic N) is 1. The van der Waals surface area contributed by atoms with Gasteiger partial charge < -0.3 is 14.4 Å². The molecule has 0 spiro atoms. The van der Waals surface area contributed by atoms with Crippen molar-refractivity contribution in [3.63, 3.8) is 0 Å². The molecular weight excluding hydrogens is 294 g/mol. The first-order valence-electron chi connectivity index (χ1n) is 7.31. The summed E-state index contributed by atoms with van der Waals surface area (Å²) in [6.07, 6.45) is 0.321. The number of carbonyl (C=O) groups is 2. The molecule has 0 aromatic heterocycles. The van der Waals surface area contributed by atoms with Gasteiger partial charge in [-0.05, 0) is 36.4 Å². The van der Waals surface area contributed by atoms with Crippen molar-refractivity contribution in [2.24, 2.45) is 0 Å². The smallest absolute Gasteiger partial charge is 0.258 e. The lowest BCUT2D eigenvalue weighted by atomic mass is 9.99. The van der Waals surface area contributed by atoms with Crippen LogP contribution in [0.2, 0.25) is 0 Å². The average molecular weight is 311 g/mol. The maximum atomic E-state index is 12.8. The van der Waals surface area contributed by atoms with Crippen LogP contribution in [0.5, 0.6) is 11.5 Å². The van der Waals surface area contributed by atoms with Gasteiger partial charge in [-0.2, -0.15) is 0 Å². The normalized spacial score (nSPS) is 13.5. The first-order chi connectivity index (χ1) is 11.1. The fourth-order valence-electron chi connectivity index (χ4n) is 2.67. The first kappa shape index (κ1) is 15.1. The first-order valence-corrected chi connectivity index (χ1v) is 7.31. The molecule has 5 nitrogen and oxygen atoms in total. The van der Waals surface area contributed by atoms with Gasteiger partial charge in [-0.15, -0.1) is 0 Å². The third kappa shape index (κ3) is 2.77. The van der Waals surface area contributed by atoms with Gasteiger partial charge in [0, 0.05) is 30.2 Å². The predicted molar refractivity (Wildman–Crippen MR) is 86.6 cm³/mol. The van der Waals surface area contributed by atoms with Gasteiger partial charge in [0.2, 0.25) is 0 Å². The zero-order chi connectivity index (χ0) is 16.4. The fraction of sp³-hybridized carbons (Fsp3) is 0.222. The summed E-state index contributed by atoms with van der Waals surface area (Å²) in [6, 6.07) is 12.1. The van der Waals surface area contributed by atoms with E-state index in [9.17, 15) is 9.59 Å². The third-order valence-corrected chi connectivity index (χ3v) is 3.94. The van der Waals surface area contributed by atoms with Crippen molar-refractivity contribution >= 4 is 17.4 Å². The van der Waals surface area contributed by atoms with E-state index < -0.39 is 0 Å². The molecule has 0 saturated heterocycles. The Balaban J connectivity index is 1.98. The number of anilines is 1. The summed E-state index contributed by atoms with van der Waals surface area (Å²) in [5.74, 6) is 1.21. The molecule has 0 saturated carbocycles. The highest BCUT2D eigenvalue weighted by Crippen LogP contribution is 2.32. The minimum Gasteiger partial charge on any atom is -0.497 e. The zero-order valence-electron chi connectivity index (χ0n) is 13.0. The number of amides is 1. The maximum Gasteiger partial charge on any atom is 0.258 e. The topological polar surface area (TPSA) is 55.8 Å². The van der Waals surface area contributed by atoms with Crippen molar-refractivity contribution in [1.29, 1.82) is 0 Å². The Morgan fingerprint density at radius 3 is 2.30 bits per heavy atom. The monoisotopic (exact) mass is 311 g/mol. The van der Waals surface area contributed by atoms with Crippen LogP contribution in [0.4, 0.5) is 5.69 Å². The van der Waals surface area contributed by atoms with Crippen LogP contribution in [0.25, 0.3) is 0 Å². The fourth-order valence-corrected chi connectivity index (χ4v) is 2.67. The summed E-state index contributed by atoms with van der Waals surface area (Å²) in [5.41, 5.74) is 1.70. The van der Waals surface area contributed by atoms with Crippen LogP contribution in [-0.2, 0) is 0 Å². The number of fused-ring (bicyclic) bond motifs is 1. The Morgan fingerprint density at radius 2 is 1.65 bits per heavy atom. The highest BCUT2D eigenvalue weighted by Gasteiger charge is 2.28. The minimum atomic E-state index is -0.144. The second-order valence-electron chi connectivity index (χ2n) is 5.24. The number of methoxy groups -OCH3 is 2. The average Bonchev–Trinajstić information content (AvgIpc) is 2.61. The number of benzene rings is 2. The standard InChI is InChI=1S/C18H17NO4/c1-22-13-5-3-12(4-6-13)18(21)19-10-9-17(20)15-8-7-14(23-2)11-16(15)19/h3-8,11H,9-10H2,1-2H3. The van der Waals surface area contributed by atoms with Crippen molar-refractivity contribution in [2.75, 3.05) is 25.7 Å². The molecule has 0 fully saturated rings. The van der Waals surface area contributed by atoms with Crippen LogP contribution >= 0.6 is 0 Å². The summed E-state index contributed by atoms with van der Waals surface area (Å²) < 4.78 is 10.3. The van der Waals surface area contributed by atoms with E-state index in [1.54, 1.807) is 61.6 Å². The van der Waals surface area contributed by atoms with Gasteiger partial charge in [-0.1, -0.05) is 0 Å². The van der Waals surface area contributed by atoms with Crippen molar-refractivity contribution < 1.29 is 19.1 Å². The number of hydrogen-bond acceptors (Lipinski definition) is 4. The number of Topliss-reactive ketones (excluding diaryl/α,β-unsaturated/α-hetero) is 1. The third-order valence-electron chi connectivity index (χ3n) is 3.94. The van der Waals surface area contributed by atoms with Crippen LogP contribution in [0.3, 0.4) is 0 Å². The summed E-state index contributed by atoms with van der Waals surface area (Å²) >= 11 is 0. The number of rotatable bonds is 3. The molecule has 118 valence electrons. The minimum absolute atomic E-state index is 0.0430. The molecule has 0 atom stereocenters. The van der Waals surface area contributed by atoms with E-state index in [2.05, 4.69) is 0 Å². The largest absolute Gasteiger partial charge is 0.497 e. The van der Waals surface area contributed by atoms with Crippen LogP contribution in [0, 0.1) is 0 Å². The van der Waals surface area contributed by atoms with E-state index in [0.29, 0.717) is 41.3 Å². The summed E-state index contributed by atoms with van der Waals surface area (Å²) in [7, 11) is 3.14. The maximum absolute atomic E-state index is 12.8. The van der Waals surface area contributed by atoms with Gasteiger partial charge in [-0.3, -0.25) is 9.59 Å². The lowest BCUT2D eigenvalue weighted by Gasteiger charge is -2.29. The summed E-state index contributed by atoms with van der Waals surface area (Å²) in [6.45, 7) is 0.365. The Morgan fingerprint density at radius 1 is 1.00 bits per heavy atom. The lowest BCUT2D eigenvalue weighted by Crippen LogP contribution is -2.37. The van der Waals surface area contributed by atoms with Crippen molar-refractivity contribution in [3.8, 4) is 11.5 Å². The van der Waals surface area contributed by atoms with Crippen molar-refractivity contribution in [3.05, 3.63) is 53.6 Å². The Hall–Kier alpha value is -2.82. The van der Waals surface area contributed by atoms with Crippen LogP contribution in [0.1, 0.15) is 27.1 Å². The highest BCUT2D eigenvalue weighted by atomic mass is 16.5. The SMILES string of the molecule is COc1ccc(C(=O)N2CCC(=O)c3ccc(OC)cc32)cc1. The molecule has 0 bridgehead atoms.